The quantitative estimate of drug-likeness (QED) is 0.0904. The minimum Gasteiger partial charge on any atom is -0.464 e. The largest absolute Gasteiger partial charge is 0.464 e. The molecule has 46 heavy (non-hydrogen) atoms. The van der Waals surface area contributed by atoms with E-state index in [1.807, 2.05) is 74.5 Å². The monoisotopic (exact) mass is 636 g/mol. The highest BCUT2D eigenvalue weighted by molar-refractivity contribution is 5.94. The molecule has 3 rings (SSSR count). The molecule has 4 amide bonds. The Morgan fingerprint density at radius 2 is 1.54 bits per heavy atom. The van der Waals surface area contributed by atoms with Gasteiger partial charge in [0.25, 0.3) is 0 Å². The van der Waals surface area contributed by atoms with E-state index in [2.05, 4.69) is 31.6 Å². The lowest BCUT2D eigenvalue weighted by Gasteiger charge is -2.30. The number of benzene rings is 2. The van der Waals surface area contributed by atoms with Crippen molar-refractivity contribution in [2.45, 2.75) is 76.7 Å². The molecule has 0 saturated carbocycles. The van der Waals surface area contributed by atoms with Crippen molar-refractivity contribution in [3.05, 3.63) is 71.8 Å². The second kappa shape index (κ2) is 18.1. The van der Waals surface area contributed by atoms with Gasteiger partial charge in [-0.25, -0.2) is 9.59 Å². The molecular weight excluding hydrogens is 590 g/mol. The van der Waals surface area contributed by atoms with Gasteiger partial charge in [0.2, 0.25) is 11.8 Å². The number of hydrogen-bond acceptors (Lipinski definition) is 8. The number of hydrogen-bond donors (Lipinski definition) is 7. The molecule has 0 aromatic heterocycles. The third-order valence-corrected chi connectivity index (χ3v) is 7.37. The molecule has 1 aliphatic heterocycles. The number of aldehydes is 1. The molecule has 2 aromatic rings. The average Bonchev–Trinajstić information content (AvgIpc) is 3.03. The average molecular weight is 637 g/mol. The summed E-state index contributed by atoms with van der Waals surface area (Å²) in [5.41, 5.74) is 7.64. The lowest BCUT2D eigenvalue weighted by Crippen LogP contribution is -2.84. The molecule has 5 unspecified atom stereocenters. The van der Waals surface area contributed by atoms with Crippen LogP contribution in [0.3, 0.4) is 0 Å². The maximum Gasteiger partial charge on any atom is 0.341 e. The van der Waals surface area contributed by atoms with Crippen molar-refractivity contribution in [3.63, 3.8) is 0 Å². The van der Waals surface area contributed by atoms with E-state index in [0.29, 0.717) is 25.7 Å². The van der Waals surface area contributed by atoms with E-state index in [1.54, 1.807) is 6.92 Å². The van der Waals surface area contributed by atoms with Gasteiger partial charge in [0, 0.05) is 12.8 Å². The van der Waals surface area contributed by atoms with Crippen LogP contribution >= 0.6 is 0 Å². The van der Waals surface area contributed by atoms with Gasteiger partial charge in [-0.2, -0.15) is 0 Å². The van der Waals surface area contributed by atoms with Crippen LogP contribution in [0.4, 0.5) is 4.79 Å². The molecule has 0 radical (unpaired) electrons. The van der Waals surface area contributed by atoms with Gasteiger partial charge in [-0.05, 0) is 36.8 Å². The molecule has 0 aliphatic carbocycles. The highest BCUT2D eigenvalue weighted by Crippen LogP contribution is 2.10. The Balaban J connectivity index is 1.77. The first-order chi connectivity index (χ1) is 22.1. The Morgan fingerprint density at radius 1 is 0.913 bits per heavy atom. The molecule has 0 saturated heterocycles. The number of rotatable bonds is 16. The number of carbonyl (C=O) groups is 5. The molecule has 1 heterocycles. The highest BCUT2D eigenvalue weighted by Gasteiger charge is 2.37. The molecule has 248 valence electrons. The molecule has 8 N–H and O–H groups in total. The van der Waals surface area contributed by atoms with Gasteiger partial charge >= 0.3 is 18.0 Å². The standard InChI is InChI=1S/C33H45N7O6/c1-4-46-31(44)27(19-23-13-9-6-10-14-23)39-33(45)40-28(25-15-16-35-32(34)38-25)30(43)37-26(17-21(2)3)29(42)36-24(20-41)18-22-11-7-5-8-12-22/h5-14,20-21,24-28H,4,15-19H2,1-3H3,(H,36,42)(H,37,43)(H3,34,35,38)(H2,39,40,45)/p+1. The first-order valence-electron chi connectivity index (χ1n) is 15.6. The van der Waals surface area contributed by atoms with Crippen molar-refractivity contribution in [1.82, 2.24) is 26.6 Å². The first kappa shape index (κ1) is 35.5. The van der Waals surface area contributed by atoms with Crippen molar-refractivity contribution in [1.29, 1.82) is 0 Å². The van der Waals surface area contributed by atoms with Crippen LogP contribution in [0.25, 0.3) is 0 Å². The predicted octanol–water partition coefficient (Wildman–Crippen LogP) is -0.957. The number of guanidine groups is 1. The molecule has 2 aromatic carbocycles. The minimum absolute atomic E-state index is 0.0128. The Kier molecular flexibility index (Phi) is 14.0. The lowest BCUT2D eigenvalue weighted by molar-refractivity contribution is -0.467. The van der Waals surface area contributed by atoms with Crippen LogP contribution in [0.1, 0.15) is 44.7 Å². The van der Waals surface area contributed by atoms with Crippen molar-refractivity contribution in [2.24, 2.45) is 11.7 Å². The predicted molar refractivity (Wildman–Crippen MR) is 172 cm³/mol. The van der Waals surface area contributed by atoms with Crippen molar-refractivity contribution in [2.75, 3.05) is 13.2 Å². The minimum atomic E-state index is -1.19. The number of ether oxygens (including phenoxy) is 1. The van der Waals surface area contributed by atoms with E-state index in [-0.39, 0.29) is 31.3 Å². The van der Waals surface area contributed by atoms with Gasteiger partial charge in [-0.1, -0.05) is 74.5 Å². The lowest BCUT2D eigenvalue weighted by atomic mass is 9.99. The van der Waals surface area contributed by atoms with Crippen molar-refractivity contribution < 1.29 is 33.7 Å². The van der Waals surface area contributed by atoms with E-state index in [0.717, 1.165) is 11.1 Å². The first-order valence-corrected chi connectivity index (χ1v) is 15.6. The Bertz CT molecular complexity index is 1340. The van der Waals surface area contributed by atoms with Gasteiger partial charge in [0.1, 0.15) is 30.5 Å². The number of nitrogens with two attached hydrogens (primary N) is 1. The van der Waals surface area contributed by atoms with Crippen molar-refractivity contribution >= 4 is 36.1 Å². The summed E-state index contributed by atoms with van der Waals surface area (Å²) in [6.45, 7) is 6.05. The van der Waals surface area contributed by atoms with Gasteiger partial charge in [-0.15, -0.1) is 0 Å². The van der Waals surface area contributed by atoms with Gasteiger partial charge in [0.05, 0.1) is 19.2 Å². The second-order valence-corrected chi connectivity index (χ2v) is 11.6. The second-order valence-electron chi connectivity index (χ2n) is 11.6. The molecule has 1 aliphatic rings. The molecule has 0 spiro atoms. The summed E-state index contributed by atoms with van der Waals surface area (Å²) in [5, 5.41) is 13.9. The van der Waals surface area contributed by atoms with Crippen LogP contribution < -0.4 is 37.3 Å². The summed E-state index contributed by atoms with van der Waals surface area (Å²) in [4.78, 5) is 68.1. The van der Waals surface area contributed by atoms with Crippen LogP contribution in [-0.2, 0) is 36.8 Å². The van der Waals surface area contributed by atoms with E-state index >= 15 is 0 Å². The Labute approximate surface area is 269 Å². The fraction of sp³-hybridized carbons (Fsp3) is 0.455. The maximum absolute atomic E-state index is 13.8. The smallest absolute Gasteiger partial charge is 0.341 e. The van der Waals surface area contributed by atoms with Crippen LogP contribution in [0.15, 0.2) is 60.7 Å². The van der Waals surface area contributed by atoms with Crippen molar-refractivity contribution in [3.8, 4) is 0 Å². The maximum atomic E-state index is 13.8. The van der Waals surface area contributed by atoms with E-state index in [4.69, 9.17) is 10.5 Å². The molecule has 13 nitrogen and oxygen atoms in total. The van der Waals surface area contributed by atoms with E-state index in [1.165, 1.54) is 0 Å². The zero-order valence-electron chi connectivity index (χ0n) is 26.6. The van der Waals surface area contributed by atoms with Crippen LogP contribution in [0.2, 0.25) is 0 Å². The number of urea groups is 1. The van der Waals surface area contributed by atoms with Crippen LogP contribution in [0, 0.1) is 5.92 Å². The summed E-state index contributed by atoms with van der Waals surface area (Å²) in [6.07, 6.45) is 1.83. The number of amides is 4. The Morgan fingerprint density at radius 3 is 2.11 bits per heavy atom. The molecule has 0 bridgehead atoms. The number of nitrogens with one attached hydrogen (secondary N) is 6. The van der Waals surface area contributed by atoms with Crippen LogP contribution in [0.5, 0.6) is 0 Å². The summed E-state index contributed by atoms with van der Waals surface area (Å²) < 4.78 is 5.18. The third-order valence-electron chi connectivity index (χ3n) is 7.37. The molecular formula is C33H46N7O6+. The SMILES string of the molecule is CCOC(=O)C(Cc1ccccc1)NC(=O)NC(C(=O)NC(CC(C)C)C(=O)NC(C=O)Cc1ccccc1)C1CC[NH+]=C(N)N1. The summed E-state index contributed by atoms with van der Waals surface area (Å²) in [7, 11) is 0. The fourth-order valence-corrected chi connectivity index (χ4v) is 5.16. The van der Waals surface area contributed by atoms with E-state index < -0.39 is 54.0 Å². The zero-order chi connectivity index (χ0) is 33.5. The van der Waals surface area contributed by atoms with E-state index in [9.17, 15) is 24.0 Å². The molecule has 13 heteroatoms. The van der Waals surface area contributed by atoms with Gasteiger partial charge in [0.15, 0.2) is 0 Å². The Hall–Kier alpha value is -4.94. The highest BCUT2D eigenvalue weighted by atomic mass is 16.5. The molecule has 0 fully saturated rings. The summed E-state index contributed by atoms with van der Waals surface area (Å²) in [6, 6.07) is 13.0. The topological polar surface area (TPSA) is 195 Å². The number of carbonyl (C=O) groups excluding carboxylic acids is 5. The zero-order valence-corrected chi connectivity index (χ0v) is 26.6. The summed E-state index contributed by atoms with van der Waals surface area (Å²) >= 11 is 0. The fourth-order valence-electron chi connectivity index (χ4n) is 5.16. The van der Waals surface area contributed by atoms with Crippen LogP contribution in [-0.4, -0.2) is 79.4 Å². The third kappa shape index (κ3) is 11.5. The van der Waals surface area contributed by atoms with Gasteiger partial charge < -0.3 is 30.8 Å². The number of esters is 1. The van der Waals surface area contributed by atoms with Gasteiger partial charge in [-0.3, -0.25) is 25.6 Å². The summed E-state index contributed by atoms with van der Waals surface area (Å²) in [5.74, 6) is -1.53. The normalized spacial score (nSPS) is 16.8. The molecule has 5 atom stereocenters.